The van der Waals surface area contributed by atoms with E-state index in [9.17, 15) is 5.11 Å². The number of rotatable bonds is 4. The standard InChI is InChI=1S/C9H18N4O/c1-7(2)10-6-9(3,14)8-5-11-12-13(8)4/h5,7,10,14H,6H2,1-4H3. The van der Waals surface area contributed by atoms with Gasteiger partial charge in [0.25, 0.3) is 0 Å². The van der Waals surface area contributed by atoms with E-state index >= 15 is 0 Å². The third-order valence-electron chi connectivity index (χ3n) is 2.12. The van der Waals surface area contributed by atoms with Gasteiger partial charge in [0.2, 0.25) is 0 Å². The number of aryl methyl sites for hydroxylation is 1. The fraction of sp³-hybridized carbons (Fsp3) is 0.778. The molecule has 0 aliphatic carbocycles. The molecule has 1 unspecified atom stereocenters. The second-order valence-electron chi connectivity index (χ2n) is 4.05. The maximum atomic E-state index is 10.1. The lowest BCUT2D eigenvalue weighted by molar-refractivity contribution is 0.0466. The van der Waals surface area contributed by atoms with Crippen LogP contribution in [0, 0.1) is 0 Å². The Morgan fingerprint density at radius 3 is 2.71 bits per heavy atom. The fourth-order valence-electron chi connectivity index (χ4n) is 1.27. The van der Waals surface area contributed by atoms with Crippen LogP contribution in [0.4, 0.5) is 0 Å². The molecule has 5 nitrogen and oxygen atoms in total. The Kier molecular flexibility index (Phi) is 3.23. The Bertz CT molecular complexity index is 293. The van der Waals surface area contributed by atoms with E-state index < -0.39 is 5.60 Å². The summed E-state index contributed by atoms with van der Waals surface area (Å²) in [5, 5.41) is 20.9. The number of nitrogens with one attached hydrogen (secondary N) is 1. The van der Waals surface area contributed by atoms with Crippen molar-refractivity contribution in [3.8, 4) is 0 Å². The highest BCUT2D eigenvalue weighted by Crippen LogP contribution is 2.17. The first-order chi connectivity index (χ1) is 6.43. The molecule has 80 valence electrons. The average molecular weight is 198 g/mol. The van der Waals surface area contributed by atoms with Crippen molar-refractivity contribution >= 4 is 0 Å². The molecule has 0 radical (unpaired) electrons. The number of aliphatic hydroxyl groups is 1. The van der Waals surface area contributed by atoms with Gasteiger partial charge in [0, 0.05) is 19.6 Å². The molecule has 0 saturated heterocycles. The van der Waals surface area contributed by atoms with Crippen molar-refractivity contribution in [2.75, 3.05) is 6.54 Å². The van der Waals surface area contributed by atoms with E-state index in [0.717, 1.165) is 0 Å². The van der Waals surface area contributed by atoms with Gasteiger partial charge in [0.05, 0.1) is 11.9 Å². The Morgan fingerprint density at radius 1 is 1.64 bits per heavy atom. The van der Waals surface area contributed by atoms with Crippen LogP contribution in [0.3, 0.4) is 0 Å². The molecule has 5 heteroatoms. The molecule has 1 aromatic heterocycles. The zero-order chi connectivity index (χ0) is 10.8. The lowest BCUT2D eigenvalue weighted by Crippen LogP contribution is -2.39. The van der Waals surface area contributed by atoms with Crippen molar-refractivity contribution in [3.63, 3.8) is 0 Å². The van der Waals surface area contributed by atoms with Gasteiger partial charge in [-0.05, 0) is 6.92 Å². The highest BCUT2D eigenvalue weighted by molar-refractivity contribution is 5.06. The average Bonchev–Trinajstić information content (AvgIpc) is 2.48. The van der Waals surface area contributed by atoms with Crippen molar-refractivity contribution in [1.82, 2.24) is 20.3 Å². The summed E-state index contributed by atoms with van der Waals surface area (Å²) in [5.41, 5.74) is -0.214. The molecule has 0 aliphatic heterocycles. The van der Waals surface area contributed by atoms with Gasteiger partial charge in [-0.2, -0.15) is 0 Å². The molecule has 0 amide bonds. The summed E-state index contributed by atoms with van der Waals surface area (Å²) in [6, 6.07) is 0.350. The third kappa shape index (κ3) is 2.52. The summed E-state index contributed by atoms with van der Waals surface area (Å²) in [5.74, 6) is 0. The molecular formula is C9H18N4O. The summed E-state index contributed by atoms with van der Waals surface area (Å²) < 4.78 is 1.59. The molecule has 0 aliphatic rings. The van der Waals surface area contributed by atoms with E-state index in [1.54, 1.807) is 24.9 Å². The van der Waals surface area contributed by atoms with E-state index in [1.807, 2.05) is 13.8 Å². The minimum absolute atomic E-state index is 0.350. The monoisotopic (exact) mass is 198 g/mol. The van der Waals surface area contributed by atoms with Crippen LogP contribution in [0.1, 0.15) is 26.5 Å². The first kappa shape index (κ1) is 11.1. The van der Waals surface area contributed by atoms with Crippen molar-refractivity contribution in [3.05, 3.63) is 11.9 Å². The van der Waals surface area contributed by atoms with Crippen LogP contribution in [0.15, 0.2) is 6.20 Å². The number of aromatic nitrogens is 3. The maximum Gasteiger partial charge on any atom is 0.117 e. The Hall–Kier alpha value is -0.940. The Balaban J connectivity index is 2.70. The van der Waals surface area contributed by atoms with Gasteiger partial charge in [-0.1, -0.05) is 19.1 Å². The Labute approximate surface area is 84.1 Å². The molecule has 1 atom stereocenters. The summed E-state index contributed by atoms with van der Waals surface area (Å²) in [7, 11) is 1.77. The van der Waals surface area contributed by atoms with Crippen LogP contribution >= 0.6 is 0 Å². The summed E-state index contributed by atoms with van der Waals surface area (Å²) in [6.45, 7) is 6.32. The van der Waals surface area contributed by atoms with Gasteiger partial charge in [-0.15, -0.1) is 5.10 Å². The van der Waals surface area contributed by atoms with E-state index in [4.69, 9.17) is 0 Å². The molecule has 0 aromatic carbocycles. The van der Waals surface area contributed by atoms with Crippen LogP contribution in [-0.2, 0) is 12.6 Å². The highest BCUT2D eigenvalue weighted by Gasteiger charge is 2.26. The molecule has 0 spiro atoms. The summed E-state index contributed by atoms with van der Waals surface area (Å²) in [4.78, 5) is 0. The smallest absolute Gasteiger partial charge is 0.117 e. The van der Waals surface area contributed by atoms with Crippen molar-refractivity contribution in [2.45, 2.75) is 32.4 Å². The minimum atomic E-state index is -0.928. The van der Waals surface area contributed by atoms with E-state index in [1.165, 1.54) is 0 Å². The quantitative estimate of drug-likeness (QED) is 0.716. The zero-order valence-corrected chi connectivity index (χ0v) is 9.15. The van der Waals surface area contributed by atoms with Crippen LogP contribution in [0.2, 0.25) is 0 Å². The minimum Gasteiger partial charge on any atom is -0.382 e. The number of nitrogens with zero attached hydrogens (tertiary/aromatic N) is 3. The number of hydrogen-bond donors (Lipinski definition) is 2. The zero-order valence-electron chi connectivity index (χ0n) is 9.15. The molecular weight excluding hydrogens is 180 g/mol. The van der Waals surface area contributed by atoms with Gasteiger partial charge in [-0.25, -0.2) is 4.68 Å². The van der Waals surface area contributed by atoms with E-state index in [2.05, 4.69) is 15.6 Å². The predicted octanol–water partition coefficient (Wildman–Crippen LogP) is 0.0206. The normalized spacial score (nSPS) is 15.9. The predicted molar refractivity (Wildman–Crippen MR) is 53.7 cm³/mol. The van der Waals surface area contributed by atoms with E-state index in [-0.39, 0.29) is 0 Å². The van der Waals surface area contributed by atoms with Crippen molar-refractivity contribution in [2.24, 2.45) is 7.05 Å². The first-order valence-corrected chi connectivity index (χ1v) is 4.74. The van der Waals surface area contributed by atoms with Crippen molar-refractivity contribution < 1.29 is 5.11 Å². The van der Waals surface area contributed by atoms with Crippen molar-refractivity contribution in [1.29, 1.82) is 0 Å². The third-order valence-corrected chi connectivity index (χ3v) is 2.12. The lowest BCUT2D eigenvalue weighted by atomic mass is 10.0. The fourth-order valence-corrected chi connectivity index (χ4v) is 1.27. The van der Waals surface area contributed by atoms with Crippen LogP contribution < -0.4 is 5.32 Å². The van der Waals surface area contributed by atoms with Crippen LogP contribution in [0.5, 0.6) is 0 Å². The molecule has 14 heavy (non-hydrogen) atoms. The molecule has 1 aromatic rings. The molecule has 0 bridgehead atoms. The molecule has 1 heterocycles. The summed E-state index contributed by atoms with van der Waals surface area (Å²) >= 11 is 0. The SMILES string of the molecule is CC(C)NCC(C)(O)c1cnnn1C. The maximum absolute atomic E-state index is 10.1. The van der Waals surface area contributed by atoms with Crippen LogP contribution in [0.25, 0.3) is 0 Å². The van der Waals surface area contributed by atoms with E-state index in [0.29, 0.717) is 18.3 Å². The van der Waals surface area contributed by atoms with Crippen LogP contribution in [-0.4, -0.2) is 32.7 Å². The Morgan fingerprint density at radius 2 is 2.29 bits per heavy atom. The molecule has 0 fully saturated rings. The van der Waals surface area contributed by atoms with Gasteiger partial charge in [0.15, 0.2) is 0 Å². The molecule has 0 saturated carbocycles. The second-order valence-corrected chi connectivity index (χ2v) is 4.05. The highest BCUT2D eigenvalue weighted by atomic mass is 16.3. The van der Waals surface area contributed by atoms with Gasteiger partial charge in [0.1, 0.15) is 5.60 Å². The van der Waals surface area contributed by atoms with Gasteiger partial charge >= 0.3 is 0 Å². The molecule has 2 N–H and O–H groups in total. The second kappa shape index (κ2) is 4.06. The number of hydrogen-bond acceptors (Lipinski definition) is 4. The first-order valence-electron chi connectivity index (χ1n) is 4.74. The lowest BCUT2D eigenvalue weighted by Gasteiger charge is -2.24. The van der Waals surface area contributed by atoms with Gasteiger partial charge in [-0.3, -0.25) is 0 Å². The summed E-state index contributed by atoms with van der Waals surface area (Å²) in [6.07, 6.45) is 1.59. The largest absolute Gasteiger partial charge is 0.382 e. The molecule has 1 rings (SSSR count). The topological polar surface area (TPSA) is 63.0 Å². The van der Waals surface area contributed by atoms with Gasteiger partial charge < -0.3 is 10.4 Å².